The summed E-state index contributed by atoms with van der Waals surface area (Å²) in [5, 5.41) is 3.23. The van der Waals surface area contributed by atoms with Crippen LogP contribution in [0.3, 0.4) is 0 Å². The SMILES string of the molecule is C#CCNCC(C)N(CC)C(C)C. The van der Waals surface area contributed by atoms with Crippen molar-refractivity contribution in [1.29, 1.82) is 0 Å². The summed E-state index contributed by atoms with van der Waals surface area (Å²) in [5.74, 6) is 2.58. The van der Waals surface area contributed by atoms with E-state index in [1.807, 2.05) is 0 Å². The van der Waals surface area contributed by atoms with E-state index < -0.39 is 0 Å². The van der Waals surface area contributed by atoms with Gasteiger partial charge in [0.1, 0.15) is 0 Å². The molecule has 0 spiro atoms. The molecule has 76 valence electrons. The highest BCUT2D eigenvalue weighted by atomic mass is 15.2. The summed E-state index contributed by atoms with van der Waals surface area (Å²) >= 11 is 0. The van der Waals surface area contributed by atoms with Gasteiger partial charge in [-0.3, -0.25) is 4.90 Å². The van der Waals surface area contributed by atoms with Gasteiger partial charge in [0, 0.05) is 18.6 Å². The predicted molar refractivity (Wildman–Crippen MR) is 58.7 cm³/mol. The number of rotatable bonds is 6. The van der Waals surface area contributed by atoms with Gasteiger partial charge in [0.25, 0.3) is 0 Å². The van der Waals surface area contributed by atoms with Gasteiger partial charge in [-0.15, -0.1) is 6.42 Å². The molecule has 0 aromatic rings. The molecule has 0 saturated carbocycles. The molecule has 0 amide bonds. The van der Waals surface area contributed by atoms with Gasteiger partial charge >= 0.3 is 0 Å². The lowest BCUT2D eigenvalue weighted by atomic mass is 10.2. The first-order chi connectivity index (χ1) is 6.13. The standard InChI is InChI=1S/C11H22N2/c1-6-8-12-9-11(5)13(7-2)10(3)4/h1,10-12H,7-9H2,2-5H3. The largest absolute Gasteiger partial charge is 0.305 e. The van der Waals surface area contributed by atoms with Crippen LogP contribution in [0.25, 0.3) is 0 Å². The maximum absolute atomic E-state index is 5.16. The summed E-state index contributed by atoms with van der Waals surface area (Å²) in [4.78, 5) is 2.45. The Kier molecular flexibility index (Phi) is 6.66. The summed E-state index contributed by atoms with van der Waals surface area (Å²) in [5.41, 5.74) is 0. The monoisotopic (exact) mass is 182 g/mol. The molecule has 2 heteroatoms. The average Bonchev–Trinajstić information content (AvgIpc) is 2.05. The van der Waals surface area contributed by atoms with E-state index in [0.717, 1.165) is 13.1 Å². The Hall–Kier alpha value is -0.520. The minimum Gasteiger partial charge on any atom is -0.305 e. The highest BCUT2D eigenvalue weighted by Gasteiger charge is 2.13. The van der Waals surface area contributed by atoms with E-state index in [1.54, 1.807) is 0 Å². The number of likely N-dealkylation sites (N-methyl/N-ethyl adjacent to an activating group) is 1. The van der Waals surface area contributed by atoms with Gasteiger partial charge in [-0.05, 0) is 27.3 Å². The van der Waals surface area contributed by atoms with E-state index in [2.05, 4.69) is 43.8 Å². The van der Waals surface area contributed by atoms with E-state index in [0.29, 0.717) is 18.6 Å². The first kappa shape index (κ1) is 12.5. The minimum absolute atomic E-state index is 0.554. The van der Waals surface area contributed by atoms with Crippen LogP contribution in [0, 0.1) is 12.3 Å². The summed E-state index contributed by atoms with van der Waals surface area (Å²) < 4.78 is 0. The molecular weight excluding hydrogens is 160 g/mol. The van der Waals surface area contributed by atoms with Gasteiger partial charge in [0.05, 0.1) is 6.54 Å². The number of nitrogens with zero attached hydrogens (tertiary/aromatic N) is 1. The van der Waals surface area contributed by atoms with Gasteiger partial charge in [-0.25, -0.2) is 0 Å². The lowest BCUT2D eigenvalue weighted by molar-refractivity contribution is 0.171. The Morgan fingerprint density at radius 3 is 2.38 bits per heavy atom. The molecule has 1 N–H and O–H groups in total. The van der Waals surface area contributed by atoms with Crippen LogP contribution in [-0.2, 0) is 0 Å². The second kappa shape index (κ2) is 6.94. The number of nitrogens with one attached hydrogen (secondary N) is 1. The Labute approximate surface area is 82.7 Å². The van der Waals surface area contributed by atoms with Gasteiger partial charge < -0.3 is 5.32 Å². The molecule has 0 fully saturated rings. The molecule has 0 heterocycles. The van der Waals surface area contributed by atoms with Crippen molar-refractivity contribution >= 4 is 0 Å². The third kappa shape index (κ3) is 4.92. The number of hydrogen-bond acceptors (Lipinski definition) is 2. The Balaban J connectivity index is 3.78. The zero-order valence-corrected chi connectivity index (χ0v) is 9.30. The fourth-order valence-electron chi connectivity index (χ4n) is 1.66. The zero-order chi connectivity index (χ0) is 10.3. The fourth-order valence-corrected chi connectivity index (χ4v) is 1.66. The molecular formula is C11H22N2. The minimum atomic E-state index is 0.554. The number of terminal acetylenes is 1. The fraction of sp³-hybridized carbons (Fsp3) is 0.818. The first-order valence-electron chi connectivity index (χ1n) is 5.03. The average molecular weight is 182 g/mol. The van der Waals surface area contributed by atoms with Crippen molar-refractivity contribution in [1.82, 2.24) is 10.2 Å². The molecule has 0 bridgehead atoms. The van der Waals surface area contributed by atoms with Crippen molar-refractivity contribution in [3.63, 3.8) is 0 Å². The molecule has 0 aliphatic carbocycles. The number of hydrogen-bond donors (Lipinski definition) is 1. The van der Waals surface area contributed by atoms with E-state index in [-0.39, 0.29) is 0 Å². The van der Waals surface area contributed by atoms with Gasteiger partial charge in [-0.1, -0.05) is 12.8 Å². The van der Waals surface area contributed by atoms with Crippen LogP contribution in [0.4, 0.5) is 0 Å². The molecule has 0 aromatic carbocycles. The maximum Gasteiger partial charge on any atom is 0.0574 e. The van der Waals surface area contributed by atoms with Crippen LogP contribution in [0.2, 0.25) is 0 Å². The molecule has 13 heavy (non-hydrogen) atoms. The maximum atomic E-state index is 5.16. The summed E-state index contributed by atoms with van der Waals surface area (Å²) in [6.45, 7) is 11.6. The van der Waals surface area contributed by atoms with E-state index in [1.165, 1.54) is 0 Å². The van der Waals surface area contributed by atoms with Gasteiger partial charge in [0.15, 0.2) is 0 Å². The van der Waals surface area contributed by atoms with Crippen molar-refractivity contribution in [2.24, 2.45) is 0 Å². The van der Waals surface area contributed by atoms with E-state index in [4.69, 9.17) is 6.42 Å². The van der Waals surface area contributed by atoms with Crippen molar-refractivity contribution in [3.8, 4) is 12.3 Å². The van der Waals surface area contributed by atoms with Crippen LogP contribution < -0.4 is 5.32 Å². The molecule has 2 nitrogen and oxygen atoms in total. The molecule has 0 rings (SSSR count). The predicted octanol–water partition coefficient (Wildman–Crippen LogP) is 1.33. The Morgan fingerprint density at radius 1 is 1.38 bits per heavy atom. The second-order valence-corrected chi connectivity index (χ2v) is 3.61. The highest BCUT2D eigenvalue weighted by molar-refractivity contribution is 4.87. The molecule has 1 unspecified atom stereocenters. The lowest BCUT2D eigenvalue weighted by Crippen LogP contribution is -2.44. The molecule has 0 aliphatic rings. The summed E-state index contributed by atoms with van der Waals surface area (Å²) in [6.07, 6.45) is 5.16. The highest BCUT2D eigenvalue weighted by Crippen LogP contribution is 2.03. The Morgan fingerprint density at radius 2 is 2.00 bits per heavy atom. The van der Waals surface area contributed by atoms with Crippen molar-refractivity contribution in [2.45, 2.75) is 39.8 Å². The molecule has 0 saturated heterocycles. The van der Waals surface area contributed by atoms with E-state index >= 15 is 0 Å². The van der Waals surface area contributed by atoms with Crippen molar-refractivity contribution in [3.05, 3.63) is 0 Å². The summed E-state index contributed by atoms with van der Waals surface area (Å²) in [6, 6.07) is 1.16. The van der Waals surface area contributed by atoms with Crippen LogP contribution in [0.15, 0.2) is 0 Å². The third-order valence-electron chi connectivity index (χ3n) is 2.26. The Bertz CT molecular complexity index is 158. The first-order valence-corrected chi connectivity index (χ1v) is 5.03. The van der Waals surface area contributed by atoms with Crippen LogP contribution in [-0.4, -0.2) is 36.6 Å². The van der Waals surface area contributed by atoms with Crippen LogP contribution in [0.5, 0.6) is 0 Å². The lowest BCUT2D eigenvalue weighted by Gasteiger charge is -2.31. The quantitative estimate of drug-likeness (QED) is 0.492. The summed E-state index contributed by atoms with van der Waals surface area (Å²) in [7, 11) is 0. The topological polar surface area (TPSA) is 15.3 Å². The van der Waals surface area contributed by atoms with Crippen molar-refractivity contribution in [2.75, 3.05) is 19.6 Å². The third-order valence-corrected chi connectivity index (χ3v) is 2.26. The molecule has 0 aliphatic heterocycles. The molecule has 0 aromatic heterocycles. The van der Waals surface area contributed by atoms with Gasteiger partial charge in [-0.2, -0.15) is 0 Å². The van der Waals surface area contributed by atoms with Crippen molar-refractivity contribution < 1.29 is 0 Å². The normalized spacial score (nSPS) is 13.3. The zero-order valence-electron chi connectivity index (χ0n) is 9.30. The second-order valence-electron chi connectivity index (χ2n) is 3.61. The van der Waals surface area contributed by atoms with Crippen LogP contribution in [0.1, 0.15) is 27.7 Å². The smallest absolute Gasteiger partial charge is 0.0574 e. The molecule has 0 radical (unpaired) electrons. The van der Waals surface area contributed by atoms with E-state index in [9.17, 15) is 0 Å². The van der Waals surface area contributed by atoms with Crippen LogP contribution >= 0.6 is 0 Å². The molecule has 1 atom stereocenters. The van der Waals surface area contributed by atoms with Gasteiger partial charge in [0.2, 0.25) is 0 Å².